The molecule has 3 nitrogen and oxygen atoms in total. The Labute approximate surface area is 113 Å². The van der Waals surface area contributed by atoms with E-state index in [9.17, 15) is 18.0 Å². The molecule has 0 fully saturated rings. The molecular weight excluding hydrogens is 269 g/mol. The molecule has 0 amide bonds. The van der Waals surface area contributed by atoms with Crippen molar-refractivity contribution < 1.29 is 13.2 Å². The molecule has 0 aliphatic carbocycles. The van der Waals surface area contributed by atoms with Crippen molar-refractivity contribution in [2.75, 3.05) is 0 Å². The summed E-state index contributed by atoms with van der Waals surface area (Å²) < 4.78 is 38.0. The van der Waals surface area contributed by atoms with Gasteiger partial charge in [-0.1, -0.05) is 20.8 Å². The van der Waals surface area contributed by atoms with Crippen LogP contribution in [0.5, 0.6) is 0 Å². The molecule has 2 rings (SSSR count). The third-order valence-electron chi connectivity index (χ3n) is 2.78. The SMILES string of the molecule is CC(C)(C)Cc1nc2cc(C(F)(F)F)ccc2c(=O)[nH]1. The number of hydrogen-bond acceptors (Lipinski definition) is 2. The lowest BCUT2D eigenvalue weighted by atomic mass is 9.92. The smallest absolute Gasteiger partial charge is 0.310 e. The maximum atomic E-state index is 12.7. The summed E-state index contributed by atoms with van der Waals surface area (Å²) in [6.45, 7) is 5.88. The molecule has 108 valence electrons. The van der Waals surface area contributed by atoms with Crippen molar-refractivity contribution in [2.45, 2.75) is 33.4 Å². The first-order chi connectivity index (χ1) is 9.06. The standard InChI is InChI=1S/C14H15F3N2O/c1-13(2,3)7-11-18-10-6-8(14(15,16)17)4-5-9(10)12(20)19-11/h4-6H,7H2,1-3H3,(H,18,19,20). The summed E-state index contributed by atoms with van der Waals surface area (Å²) in [6.07, 6.45) is -3.96. The Balaban J connectivity index is 2.59. The Bertz CT molecular complexity index is 696. The average molecular weight is 284 g/mol. The largest absolute Gasteiger partial charge is 0.416 e. The molecule has 0 aliphatic heterocycles. The molecule has 1 aromatic heterocycles. The predicted molar refractivity (Wildman–Crippen MR) is 70.5 cm³/mol. The highest BCUT2D eigenvalue weighted by Gasteiger charge is 2.30. The van der Waals surface area contributed by atoms with E-state index in [0.717, 1.165) is 18.2 Å². The van der Waals surface area contributed by atoms with Gasteiger partial charge in [0.25, 0.3) is 5.56 Å². The van der Waals surface area contributed by atoms with Crippen LogP contribution in [0.2, 0.25) is 0 Å². The van der Waals surface area contributed by atoms with E-state index in [1.54, 1.807) is 0 Å². The summed E-state index contributed by atoms with van der Waals surface area (Å²) in [7, 11) is 0. The number of aromatic nitrogens is 2. The lowest BCUT2D eigenvalue weighted by molar-refractivity contribution is -0.137. The summed E-state index contributed by atoms with van der Waals surface area (Å²) >= 11 is 0. The van der Waals surface area contributed by atoms with Gasteiger partial charge in [0.2, 0.25) is 0 Å². The number of benzene rings is 1. The van der Waals surface area contributed by atoms with Crippen LogP contribution in [0.1, 0.15) is 32.2 Å². The van der Waals surface area contributed by atoms with Crippen LogP contribution in [-0.2, 0) is 12.6 Å². The summed E-state index contributed by atoms with van der Waals surface area (Å²) in [4.78, 5) is 18.6. The summed E-state index contributed by atoms with van der Waals surface area (Å²) in [5.41, 5.74) is -1.26. The maximum Gasteiger partial charge on any atom is 0.416 e. The lowest BCUT2D eigenvalue weighted by Crippen LogP contribution is -2.18. The predicted octanol–water partition coefficient (Wildman–Crippen LogP) is 3.53. The molecule has 0 unspecified atom stereocenters. The van der Waals surface area contributed by atoms with E-state index >= 15 is 0 Å². The second-order valence-corrected chi connectivity index (χ2v) is 5.98. The molecule has 1 N–H and O–H groups in total. The first-order valence-electron chi connectivity index (χ1n) is 6.16. The summed E-state index contributed by atoms with van der Waals surface area (Å²) in [5, 5.41) is 0.163. The molecule has 1 heterocycles. The number of fused-ring (bicyclic) bond motifs is 1. The minimum Gasteiger partial charge on any atom is -0.310 e. The first-order valence-corrected chi connectivity index (χ1v) is 6.16. The molecule has 1 aromatic carbocycles. The van der Waals surface area contributed by atoms with E-state index in [1.807, 2.05) is 20.8 Å². The zero-order valence-corrected chi connectivity index (χ0v) is 11.4. The average Bonchev–Trinajstić information content (AvgIpc) is 2.24. The number of aromatic amines is 1. The highest BCUT2D eigenvalue weighted by molar-refractivity contribution is 5.78. The van der Waals surface area contributed by atoms with Crippen LogP contribution in [0, 0.1) is 5.41 Å². The molecule has 0 bridgehead atoms. The fraction of sp³-hybridized carbons (Fsp3) is 0.429. The third kappa shape index (κ3) is 3.18. The highest BCUT2D eigenvalue weighted by Crippen LogP contribution is 2.30. The Hall–Kier alpha value is -1.85. The Kier molecular flexibility index (Phi) is 3.36. The molecular formula is C14H15F3N2O. The van der Waals surface area contributed by atoms with Crippen LogP contribution in [0.3, 0.4) is 0 Å². The second-order valence-electron chi connectivity index (χ2n) is 5.98. The van der Waals surface area contributed by atoms with Crippen LogP contribution in [-0.4, -0.2) is 9.97 Å². The normalized spacial score (nSPS) is 12.9. The maximum absolute atomic E-state index is 12.7. The number of nitrogens with one attached hydrogen (secondary N) is 1. The van der Waals surface area contributed by atoms with E-state index < -0.39 is 17.3 Å². The molecule has 6 heteroatoms. The van der Waals surface area contributed by atoms with Gasteiger partial charge in [-0.2, -0.15) is 13.2 Å². The van der Waals surface area contributed by atoms with E-state index in [1.165, 1.54) is 0 Å². The summed E-state index contributed by atoms with van der Waals surface area (Å²) in [6, 6.07) is 2.96. The summed E-state index contributed by atoms with van der Waals surface area (Å²) in [5.74, 6) is 0.398. The number of hydrogen-bond donors (Lipinski definition) is 1. The molecule has 0 saturated carbocycles. The fourth-order valence-corrected chi connectivity index (χ4v) is 1.95. The van der Waals surface area contributed by atoms with E-state index in [0.29, 0.717) is 12.2 Å². The van der Waals surface area contributed by atoms with Gasteiger partial charge < -0.3 is 4.98 Å². The minimum absolute atomic E-state index is 0.0721. The molecule has 0 aliphatic rings. The van der Waals surface area contributed by atoms with Crippen LogP contribution >= 0.6 is 0 Å². The van der Waals surface area contributed by atoms with Gasteiger partial charge in [-0.05, 0) is 23.6 Å². The number of halogens is 3. The molecule has 2 aromatic rings. The lowest BCUT2D eigenvalue weighted by Gasteiger charge is -2.17. The van der Waals surface area contributed by atoms with Crippen molar-refractivity contribution in [3.8, 4) is 0 Å². The van der Waals surface area contributed by atoms with Crippen LogP contribution < -0.4 is 5.56 Å². The number of alkyl halides is 3. The van der Waals surface area contributed by atoms with Gasteiger partial charge >= 0.3 is 6.18 Å². The molecule has 20 heavy (non-hydrogen) atoms. The first kappa shape index (κ1) is 14.6. The van der Waals surface area contributed by atoms with Crippen molar-refractivity contribution in [3.05, 3.63) is 39.9 Å². The van der Waals surface area contributed by atoms with E-state index in [2.05, 4.69) is 9.97 Å². The monoisotopic (exact) mass is 284 g/mol. The van der Waals surface area contributed by atoms with Gasteiger partial charge in [0.1, 0.15) is 5.82 Å². The van der Waals surface area contributed by atoms with Crippen LogP contribution in [0.15, 0.2) is 23.0 Å². The molecule has 0 radical (unpaired) electrons. The molecule has 0 atom stereocenters. The van der Waals surface area contributed by atoms with Gasteiger partial charge in [0.15, 0.2) is 0 Å². The van der Waals surface area contributed by atoms with Crippen molar-refractivity contribution in [1.29, 1.82) is 0 Å². The number of rotatable bonds is 1. The Morgan fingerprint density at radius 2 is 1.85 bits per heavy atom. The van der Waals surface area contributed by atoms with Gasteiger partial charge in [0.05, 0.1) is 16.5 Å². The van der Waals surface area contributed by atoms with Crippen molar-refractivity contribution >= 4 is 10.9 Å². The highest BCUT2D eigenvalue weighted by atomic mass is 19.4. The Morgan fingerprint density at radius 3 is 2.40 bits per heavy atom. The van der Waals surface area contributed by atoms with Crippen LogP contribution in [0.4, 0.5) is 13.2 Å². The zero-order chi connectivity index (χ0) is 15.1. The Morgan fingerprint density at radius 1 is 1.20 bits per heavy atom. The quantitative estimate of drug-likeness (QED) is 0.870. The zero-order valence-electron chi connectivity index (χ0n) is 11.4. The van der Waals surface area contributed by atoms with Gasteiger partial charge in [0, 0.05) is 6.42 Å². The van der Waals surface area contributed by atoms with Gasteiger partial charge in [-0.3, -0.25) is 4.79 Å². The van der Waals surface area contributed by atoms with E-state index in [-0.39, 0.29) is 16.3 Å². The van der Waals surface area contributed by atoms with Crippen molar-refractivity contribution in [2.24, 2.45) is 5.41 Å². The molecule has 0 saturated heterocycles. The van der Waals surface area contributed by atoms with Gasteiger partial charge in [-0.25, -0.2) is 4.98 Å². The number of H-pyrrole nitrogens is 1. The van der Waals surface area contributed by atoms with Gasteiger partial charge in [-0.15, -0.1) is 0 Å². The number of nitrogens with zero attached hydrogens (tertiary/aromatic N) is 1. The van der Waals surface area contributed by atoms with Crippen LogP contribution in [0.25, 0.3) is 10.9 Å². The van der Waals surface area contributed by atoms with Crippen molar-refractivity contribution in [3.63, 3.8) is 0 Å². The topological polar surface area (TPSA) is 45.8 Å². The minimum atomic E-state index is -4.44. The fourth-order valence-electron chi connectivity index (χ4n) is 1.95. The molecule has 0 spiro atoms. The van der Waals surface area contributed by atoms with E-state index in [4.69, 9.17) is 0 Å². The third-order valence-corrected chi connectivity index (χ3v) is 2.78. The second kappa shape index (κ2) is 4.61. The van der Waals surface area contributed by atoms with Crippen molar-refractivity contribution in [1.82, 2.24) is 9.97 Å².